The molecule has 1 aliphatic rings. The van der Waals surface area contributed by atoms with Gasteiger partial charge in [-0.05, 0) is 44.0 Å². The van der Waals surface area contributed by atoms with E-state index < -0.39 is 10.8 Å². The van der Waals surface area contributed by atoms with Gasteiger partial charge in [-0.25, -0.2) is 0 Å². The maximum atomic E-state index is 12.3. The van der Waals surface area contributed by atoms with E-state index in [2.05, 4.69) is 23.1 Å². The van der Waals surface area contributed by atoms with Crippen molar-refractivity contribution >= 4 is 10.8 Å². The first-order valence-electron chi connectivity index (χ1n) is 7.89. The van der Waals surface area contributed by atoms with Crippen LogP contribution in [0.1, 0.15) is 18.4 Å². The topological polar surface area (TPSA) is 38.1 Å². The quantitative estimate of drug-likeness (QED) is 0.821. The molecule has 0 spiro atoms. The third-order valence-electron chi connectivity index (χ3n) is 4.23. The Morgan fingerprint density at radius 3 is 2.86 bits per heavy atom. The second kappa shape index (κ2) is 7.20. The van der Waals surface area contributed by atoms with E-state index >= 15 is 0 Å². The lowest BCUT2D eigenvalue weighted by Gasteiger charge is -2.24. The van der Waals surface area contributed by atoms with Crippen LogP contribution in [0.3, 0.4) is 0 Å². The van der Waals surface area contributed by atoms with E-state index in [-0.39, 0.29) is 0 Å². The number of hydrogen-bond acceptors (Lipinski definition) is 3. The zero-order valence-corrected chi connectivity index (χ0v) is 13.8. The number of hydrogen-bond donors (Lipinski definition) is 0. The largest absolute Gasteiger partial charge is 0.298 e. The summed E-state index contributed by atoms with van der Waals surface area (Å²) in [6.45, 7) is 5.01. The van der Waals surface area contributed by atoms with E-state index in [0.29, 0.717) is 11.8 Å². The molecule has 118 valence electrons. The van der Waals surface area contributed by atoms with Crippen LogP contribution >= 0.6 is 0 Å². The third kappa shape index (κ3) is 3.84. The van der Waals surface area contributed by atoms with Crippen LogP contribution in [0.15, 0.2) is 47.6 Å². The smallest absolute Gasteiger partial charge is 0.0565 e. The summed E-state index contributed by atoms with van der Waals surface area (Å²) in [5.41, 5.74) is 1.20. The van der Waals surface area contributed by atoms with Gasteiger partial charge in [-0.2, -0.15) is 5.10 Å². The van der Waals surface area contributed by atoms with Crippen molar-refractivity contribution in [1.82, 2.24) is 14.7 Å². The number of rotatable bonds is 6. The van der Waals surface area contributed by atoms with Crippen LogP contribution in [-0.2, 0) is 17.3 Å². The molecule has 0 radical (unpaired) electrons. The monoisotopic (exact) mass is 317 g/mol. The van der Waals surface area contributed by atoms with Gasteiger partial charge in [0.1, 0.15) is 0 Å². The highest BCUT2D eigenvalue weighted by Gasteiger charge is 2.25. The van der Waals surface area contributed by atoms with Crippen molar-refractivity contribution in [2.24, 2.45) is 0 Å². The van der Waals surface area contributed by atoms with Crippen LogP contribution in [0.25, 0.3) is 0 Å². The van der Waals surface area contributed by atoms with Gasteiger partial charge in [-0.3, -0.25) is 13.8 Å². The van der Waals surface area contributed by atoms with Crippen LogP contribution in [-0.4, -0.2) is 43.8 Å². The van der Waals surface area contributed by atoms with Gasteiger partial charge in [-0.15, -0.1) is 0 Å². The Morgan fingerprint density at radius 1 is 1.32 bits per heavy atom. The Bertz CT molecular complexity index is 626. The average molecular weight is 317 g/mol. The molecular formula is C17H23N3OS. The number of aryl methyl sites for hydroxylation is 1. The molecule has 1 fully saturated rings. The van der Waals surface area contributed by atoms with Gasteiger partial charge in [0.15, 0.2) is 0 Å². The van der Waals surface area contributed by atoms with Gasteiger partial charge in [0, 0.05) is 29.4 Å². The summed E-state index contributed by atoms with van der Waals surface area (Å²) in [4.78, 5) is 3.40. The summed E-state index contributed by atoms with van der Waals surface area (Å²) in [7, 11) is -0.901. The SMILES string of the molecule is Cc1cnn(C[C@@H]2CCCN2CC[S@@](=O)c2ccccc2)c1. The molecule has 1 aromatic heterocycles. The van der Waals surface area contributed by atoms with Gasteiger partial charge in [-0.1, -0.05) is 18.2 Å². The molecule has 2 aromatic rings. The highest BCUT2D eigenvalue weighted by molar-refractivity contribution is 7.85. The van der Waals surface area contributed by atoms with Gasteiger partial charge >= 0.3 is 0 Å². The zero-order valence-electron chi connectivity index (χ0n) is 13.0. The number of aromatic nitrogens is 2. The standard InChI is InChI=1S/C17H23N3OS/c1-15-12-18-20(13-15)14-16-6-5-9-19(16)10-11-22(21)17-7-3-2-4-8-17/h2-4,7-8,12-13,16H,5-6,9-11,14H2,1H3/t16-,22+/m0/s1. The Labute approximate surface area is 134 Å². The highest BCUT2D eigenvalue weighted by Crippen LogP contribution is 2.19. The lowest BCUT2D eigenvalue weighted by molar-refractivity contribution is 0.240. The summed E-state index contributed by atoms with van der Waals surface area (Å²) in [6, 6.07) is 10.3. The van der Waals surface area contributed by atoms with Crippen LogP contribution in [0.4, 0.5) is 0 Å². The summed E-state index contributed by atoms with van der Waals surface area (Å²) < 4.78 is 14.4. The summed E-state index contributed by atoms with van der Waals surface area (Å²) in [5.74, 6) is 0.707. The van der Waals surface area contributed by atoms with E-state index in [1.165, 1.54) is 18.4 Å². The van der Waals surface area contributed by atoms with Gasteiger partial charge in [0.25, 0.3) is 0 Å². The van der Waals surface area contributed by atoms with Crippen LogP contribution in [0.2, 0.25) is 0 Å². The summed E-state index contributed by atoms with van der Waals surface area (Å²) in [5, 5.41) is 4.39. The molecule has 0 N–H and O–H groups in total. The van der Waals surface area contributed by atoms with Crippen LogP contribution < -0.4 is 0 Å². The number of benzene rings is 1. The molecule has 0 aliphatic carbocycles. The molecule has 1 aromatic carbocycles. The fraction of sp³-hybridized carbons (Fsp3) is 0.471. The molecule has 0 amide bonds. The molecule has 2 heterocycles. The van der Waals surface area contributed by atoms with Crippen LogP contribution in [0.5, 0.6) is 0 Å². The first-order valence-corrected chi connectivity index (χ1v) is 9.21. The molecule has 0 bridgehead atoms. The van der Waals surface area contributed by atoms with E-state index in [1.807, 2.05) is 41.2 Å². The molecule has 4 nitrogen and oxygen atoms in total. The normalized spacial score (nSPS) is 20.3. The van der Waals surface area contributed by atoms with E-state index in [9.17, 15) is 4.21 Å². The fourth-order valence-corrected chi connectivity index (χ4v) is 4.17. The highest BCUT2D eigenvalue weighted by atomic mass is 32.2. The molecule has 1 saturated heterocycles. The van der Waals surface area contributed by atoms with Crippen molar-refractivity contribution in [2.45, 2.75) is 37.2 Å². The first-order chi connectivity index (χ1) is 10.7. The fourth-order valence-electron chi connectivity index (χ4n) is 3.07. The minimum Gasteiger partial charge on any atom is -0.298 e. The molecule has 0 saturated carbocycles. The summed E-state index contributed by atoms with van der Waals surface area (Å²) in [6.07, 6.45) is 6.43. The molecule has 1 aliphatic heterocycles. The van der Waals surface area contributed by atoms with E-state index in [0.717, 1.165) is 24.5 Å². The van der Waals surface area contributed by atoms with Crippen molar-refractivity contribution < 1.29 is 4.21 Å². The molecule has 2 atom stereocenters. The van der Waals surface area contributed by atoms with Gasteiger partial charge in [0.05, 0.1) is 23.5 Å². The summed E-state index contributed by atoms with van der Waals surface area (Å²) >= 11 is 0. The van der Waals surface area contributed by atoms with Crippen LogP contribution in [0, 0.1) is 6.92 Å². The Kier molecular flexibility index (Phi) is 5.05. The van der Waals surface area contributed by atoms with Gasteiger partial charge < -0.3 is 0 Å². The molecule has 5 heteroatoms. The maximum absolute atomic E-state index is 12.3. The molecular weight excluding hydrogens is 294 g/mol. The Morgan fingerprint density at radius 2 is 2.14 bits per heavy atom. The number of nitrogens with zero attached hydrogens (tertiary/aromatic N) is 3. The van der Waals surface area contributed by atoms with Gasteiger partial charge in [0.2, 0.25) is 0 Å². The lowest BCUT2D eigenvalue weighted by Crippen LogP contribution is -2.35. The molecule has 3 rings (SSSR count). The Balaban J connectivity index is 1.54. The first kappa shape index (κ1) is 15.4. The Hall–Kier alpha value is -1.46. The van der Waals surface area contributed by atoms with Crippen molar-refractivity contribution in [1.29, 1.82) is 0 Å². The van der Waals surface area contributed by atoms with E-state index in [1.54, 1.807) is 0 Å². The minimum atomic E-state index is -0.901. The number of likely N-dealkylation sites (tertiary alicyclic amines) is 1. The second-order valence-electron chi connectivity index (χ2n) is 5.93. The second-order valence-corrected chi connectivity index (χ2v) is 7.51. The molecule has 0 unspecified atom stereocenters. The van der Waals surface area contributed by atoms with E-state index in [4.69, 9.17) is 0 Å². The third-order valence-corrected chi connectivity index (χ3v) is 5.58. The van der Waals surface area contributed by atoms with Crippen molar-refractivity contribution in [3.8, 4) is 0 Å². The maximum Gasteiger partial charge on any atom is 0.0565 e. The van der Waals surface area contributed by atoms with Crippen molar-refractivity contribution in [3.05, 3.63) is 48.3 Å². The zero-order chi connectivity index (χ0) is 15.4. The molecule has 22 heavy (non-hydrogen) atoms. The average Bonchev–Trinajstić information content (AvgIpc) is 3.15. The van der Waals surface area contributed by atoms with Crippen molar-refractivity contribution in [3.63, 3.8) is 0 Å². The minimum absolute atomic E-state index is 0.520. The predicted octanol–water partition coefficient (Wildman–Crippen LogP) is 2.46. The predicted molar refractivity (Wildman–Crippen MR) is 89.3 cm³/mol. The van der Waals surface area contributed by atoms with Crippen molar-refractivity contribution in [2.75, 3.05) is 18.8 Å². The lowest BCUT2D eigenvalue weighted by atomic mass is 10.2.